The lowest BCUT2D eigenvalue weighted by Crippen LogP contribution is -1.74. The molecule has 20 heavy (non-hydrogen) atoms. The Hall–Kier alpha value is -2.85. The molecule has 0 atom stereocenters. The lowest BCUT2D eigenvalue weighted by atomic mass is 10.1. The van der Waals surface area contributed by atoms with Crippen molar-refractivity contribution in [2.24, 2.45) is 0 Å². The van der Waals surface area contributed by atoms with Crippen LogP contribution >= 0.6 is 0 Å². The van der Waals surface area contributed by atoms with Crippen molar-refractivity contribution < 1.29 is 0 Å². The van der Waals surface area contributed by atoms with Crippen LogP contribution in [-0.2, 0) is 0 Å². The molecular formula is C19H15N. The summed E-state index contributed by atoms with van der Waals surface area (Å²) in [6, 6.07) is 19.8. The summed E-state index contributed by atoms with van der Waals surface area (Å²) < 4.78 is 0. The van der Waals surface area contributed by atoms with Crippen LogP contribution in [0.25, 0.3) is 12.2 Å². The van der Waals surface area contributed by atoms with Gasteiger partial charge in [-0.25, -0.2) is 0 Å². The Labute approximate surface area is 119 Å². The fraction of sp³-hybridized carbons (Fsp3) is 0. The number of nitriles is 1. The molecule has 0 saturated carbocycles. The molecule has 1 heteroatoms. The Morgan fingerprint density at radius 2 is 1.20 bits per heavy atom. The molecule has 0 fully saturated rings. The van der Waals surface area contributed by atoms with Crippen LogP contribution in [0.4, 0.5) is 0 Å². The van der Waals surface area contributed by atoms with E-state index in [2.05, 4.69) is 24.3 Å². The van der Waals surface area contributed by atoms with Gasteiger partial charge >= 0.3 is 0 Å². The average Bonchev–Trinajstić information content (AvgIpc) is 2.52. The first-order valence-corrected chi connectivity index (χ1v) is 6.45. The first-order chi connectivity index (χ1) is 9.88. The fourth-order valence-corrected chi connectivity index (χ4v) is 1.69. The van der Waals surface area contributed by atoms with E-state index in [1.54, 1.807) is 0 Å². The molecule has 2 aromatic carbocycles. The SMILES string of the molecule is N#Cc1ccc(/C=C/C=C/C=C/c2ccccc2)cc1. The molecule has 0 radical (unpaired) electrons. The van der Waals surface area contributed by atoms with E-state index in [9.17, 15) is 0 Å². The van der Waals surface area contributed by atoms with Crippen LogP contribution in [0.3, 0.4) is 0 Å². The number of rotatable bonds is 4. The largest absolute Gasteiger partial charge is 0.192 e. The maximum absolute atomic E-state index is 8.71. The van der Waals surface area contributed by atoms with Crippen LogP contribution in [0.15, 0.2) is 78.9 Å². The molecule has 96 valence electrons. The van der Waals surface area contributed by atoms with Crippen molar-refractivity contribution in [2.75, 3.05) is 0 Å². The lowest BCUT2D eigenvalue weighted by Gasteiger charge is -1.91. The lowest BCUT2D eigenvalue weighted by molar-refractivity contribution is 1.48. The number of benzene rings is 2. The van der Waals surface area contributed by atoms with E-state index >= 15 is 0 Å². The molecule has 0 aliphatic heterocycles. The second-order valence-electron chi connectivity index (χ2n) is 4.25. The van der Waals surface area contributed by atoms with Gasteiger partial charge in [-0.3, -0.25) is 0 Å². The molecule has 0 N–H and O–H groups in total. The van der Waals surface area contributed by atoms with Gasteiger partial charge in [-0.05, 0) is 23.3 Å². The van der Waals surface area contributed by atoms with Crippen molar-refractivity contribution in [2.45, 2.75) is 0 Å². The third kappa shape index (κ3) is 4.44. The Kier molecular flexibility index (Phi) is 5.13. The molecule has 0 saturated heterocycles. The van der Waals surface area contributed by atoms with E-state index in [0.29, 0.717) is 5.56 Å². The van der Waals surface area contributed by atoms with Gasteiger partial charge in [0.25, 0.3) is 0 Å². The minimum Gasteiger partial charge on any atom is -0.192 e. The minimum absolute atomic E-state index is 0.684. The van der Waals surface area contributed by atoms with Crippen molar-refractivity contribution in [3.8, 4) is 6.07 Å². The van der Waals surface area contributed by atoms with Crippen LogP contribution < -0.4 is 0 Å². The zero-order valence-corrected chi connectivity index (χ0v) is 11.1. The summed E-state index contributed by atoms with van der Waals surface area (Å²) in [6.07, 6.45) is 12.0. The van der Waals surface area contributed by atoms with Crippen LogP contribution in [-0.4, -0.2) is 0 Å². The Balaban J connectivity index is 1.88. The van der Waals surface area contributed by atoms with Crippen LogP contribution in [0.1, 0.15) is 16.7 Å². The van der Waals surface area contributed by atoms with Crippen LogP contribution in [0.5, 0.6) is 0 Å². The molecule has 0 aliphatic rings. The molecule has 0 aromatic heterocycles. The number of allylic oxidation sites excluding steroid dienone is 4. The quantitative estimate of drug-likeness (QED) is 0.719. The molecular weight excluding hydrogens is 242 g/mol. The summed E-state index contributed by atoms with van der Waals surface area (Å²) in [5.74, 6) is 0. The van der Waals surface area contributed by atoms with Crippen molar-refractivity contribution in [1.29, 1.82) is 5.26 Å². The zero-order valence-electron chi connectivity index (χ0n) is 11.1. The fourth-order valence-electron chi connectivity index (χ4n) is 1.69. The summed E-state index contributed by atoms with van der Waals surface area (Å²) in [7, 11) is 0. The maximum atomic E-state index is 8.71. The summed E-state index contributed by atoms with van der Waals surface area (Å²) in [5.41, 5.74) is 2.96. The van der Waals surface area contributed by atoms with Gasteiger partial charge in [0, 0.05) is 0 Å². The van der Waals surface area contributed by atoms with Crippen molar-refractivity contribution in [3.63, 3.8) is 0 Å². The third-order valence-electron chi connectivity index (χ3n) is 2.75. The van der Waals surface area contributed by atoms with Crippen LogP contribution in [0, 0.1) is 11.3 Å². The zero-order chi connectivity index (χ0) is 14.0. The second kappa shape index (κ2) is 7.56. The Morgan fingerprint density at radius 3 is 1.75 bits per heavy atom. The highest BCUT2D eigenvalue weighted by molar-refractivity contribution is 5.54. The average molecular weight is 257 g/mol. The molecule has 0 amide bonds. The third-order valence-corrected chi connectivity index (χ3v) is 2.75. The normalized spacial score (nSPS) is 11.3. The highest BCUT2D eigenvalue weighted by atomic mass is 14.2. The van der Waals surface area contributed by atoms with Gasteiger partial charge < -0.3 is 0 Å². The molecule has 2 rings (SSSR count). The first-order valence-electron chi connectivity index (χ1n) is 6.45. The number of hydrogen-bond donors (Lipinski definition) is 0. The standard InChI is InChI=1S/C19H15N/c20-16-19-14-12-18(13-15-19)11-5-2-1-4-8-17-9-6-3-7-10-17/h1-15H/b2-1+,8-4+,11-5+. The maximum Gasteiger partial charge on any atom is 0.0991 e. The molecule has 1 nitrogen and oxygen atoms in total. The van der Waals surface area contributed by atoms with E-state index in [0.717, 1.165) is 5.56 Å². The van der Waals surface area contributed by atoms with Crippen molar-refractivity contribution >= 4 is 12.2 Å². The van der Waals surface area contributed by atoms with E-state index in [4.69, 9.17) is 5.26 Å². The number of hydrogen-bond acceptors (Lipinski definition) is 1. The van der Waals surface area contributed by atoms with Gasteiger partial charge in [0.05, 0.1) is 11.6 Å². The summed E-state index contributed by atoms with van der Waals surface area (Å²) in [4.78, 5) is 0. The molecule has 0 heterocycles. The monoisotopic (exact) mass is 257 g/mol. The van der Waals surface area contributed by atoms with E-state index < -0.39 is 0 Å². The summed E-state index contributed by atoms with van der Waals surface area (Å²) in [6.45, 7) is 0. The topological polar surface area (TPSA) is 23.8 Å². The van der Waals surface area contributed by atoms with E-state index in [1.807, 2.05) is 72.8 Å². The Morgan fingerprint density at radius 1 is 0.650 bits per heavy atom. The second-order valence-corrected chi connectivity index (χ2v) is 4.25. The predicted octanol–water partition coefficient (Wildman–Crippen LogP) is 4.84. The number of nitrogens with zero attached hydrogens (tertiary/aromatic N) is 1. The van der Waals surface area contributed by atoms with Gasteiger partial charge in [0.1, 0.15) is 0 Å². The van der Waals surface area contributed by atoms with Gasteiger partial charge in [-0.1, -0.05) is 78.9 Å². The summed E-state index contributed by atoms with van der Waals surface area (Å²) in [5, 5.41) is 8.71. The van der Waals surface area contributed by atoms with E-state index in [1.165, 1.54) is 5.56 Å². The van der Waals surface area contributed by atoms with Gasteiger partial charge in [-0.15, -0.1) is 0 Å². The van der Waals surface area contributed by atoms with Gasteiger partial charge in [-0.2, -0.15) is 5.26 Å². The highest BCUT2D eigenvalue weighted by Gasteiger charge is 1.88. The minimum atomic E-state index is 0.684. The van der Waals surface area contributed by atoms with Crippen LogP contribution in [0.2, 0.25) is 0 Å². The summed E-state index contributed by atoms with van der Waals surface area (Å²) >= 11 is 0. The van der Waals surface area contributed by atoms with Crippen molar-refractivity contribution in [1.82, 2.24) is 0 Å². The molecule has 0 aliphatic carbocycles. The van der Waals surface area contributed by atoms with Gasteiger partial charge in [0.2, 0.25) is 0 Å². The first kappa shape index (κ1) is 13.6. The molecule has 0 spiro atoms. The van der Waals surface area contributed by atoms with Crippen molar-refractivity contribution in [3.05, 3.63) is 95.6 Å². The molecule has 0 bridgehead atoms. The smallest absolute Gasteiger partial charge is 0.0991 e. The highest BCUT2D eigenvalue weighted by Crippen LogP contribution is 2.05. The van der Waals surface area contributed by atoms with E-state index in [-0.39, 0.29) is 0 Å². The predicted molar refractivity (Wildman–Crippen MR) is 84.8 cm³/mol. The van der Waals surface area contributed by atoms with Gasteiger partial charge in [0.15, 0.2) is 0 Å². The molecule has 0 unspecified atom stereocenters. The Bertz CT molecular complexity index is 653. The molecule has 2 aromatic rings.